The molecule has 2 aromatic rings. The fourth-order valence-corrected chi connectivity index (χ4v) is 3.96. The zero-order valence-electron chi connectivity index (χ0n) is 16.6. The largest absolute Gasteiger partial charge is 0.474 e. The van der Waals surface area contributed by atoms with E-state index < -0.39 is 0 Å². The molecule has 1 aliphatic heterocycles. The van der Waals surface area contributed by atoms with Crippen molar-refractivity contribution in [2.45, 2.75) is 49.4 Å². The standard InChI is InChI=1S/C21H27N3O3S/c1-15(2)28-18-6-4-16(5-7-18)14-20(25)24-12-9-17(10-13-24)27-19-8-11-22-21(23-19)26-3/h4-8,11,15,17H,9-10,12-14H2,1-3H3. The number of benzene rings is 1. The third kappa shape index (κ3) is 5.86. The number of carbonyl (C=O) groups is 1. The van der Waals surface area contributed by atoms with Crippen molar-refractivity contribution in [3.05, 3.63) is 42.1 Å². The maximum absolute atomic E-state index is 12.6. The van der Waals surface area contributed by atoms with Crippen LogP contribution in [0.5, 0.6) is 11.9 Å². The van der Waals surface area contributed by atoms with Gasteiger partial charge in [-0.25, -0.2) is 4.98 Å². The smallest absolute Gasteiger partial charge is 0.319 e. The number of hydrogen-bond acceptors (Lipinski definition) is 6. The topological polar surface area (TPSA) is 64.6 Å². The molecule has 0 saturated carbocycles. The molecule has 0 N–H and O–H groups in total. The SMILES string of the molecule is COc1nccc(OC2CCN(C(=O)Cc3ccc(SC(C)C)cc3)CC2)n1. The average Bonchev–Trinajstić information content (AvgIpc) is 2.70. The van der Waals surface area contributed by atoms with Crippen LogP contribution in [0.3, 0.4) is 0 Å². The average molecular weight is 402 g/mol. The second-order valence-corrected chi connectivity index (χ2v) is 8.72. The Kier molecular flexibility index (Phi) is 7.14. The second kappa shape index (κ2) is 9.78. The van der Waals surface area contributed by atoms with Gasteiger partial charge in [-0.1, -0.05) is 26.0 Å². The monoisotopic (exact) mass is 401 g/mol. The van der Waals surface area contributed by atoms with Crippen LogP contribution < -0.4 is 9.47 Å². The Bertz CT molecular complexity index is 775. The molecule has 1 aliphatic rings. The minimum atomic E-state index is 0.0518. The van der Waals surface area contributed by atoms with Gasteiger partial charge in [0.15, 0.2) is 0 Å². The summed E-state index contributed by atoms with van der Waals surface area (Å²) >= 11 is 1.83. The predicted octanol–water partition coefficient (Wildman–Crippen LogP) is 3.60. The molecule has 1 aromatic heterocycles. The molecule has 1 amide bonds. The van der Waals surface area contributed by atoms with Gasteiger partial charge in [-0.3, -0.25) is 4.79 Å². The summed E-state index contributed by atoms with van der Waals surface area (Å²) in [6.07, 6.45) is 3.70. The summed E-state index contributed by atoms with van der Waals surface area (Å²) in [4.78, 5) is 24.0. The Balaban J connectivity index is 1.47. The highest BCUT2D eigenvalue weighted by molar-refractivity contribution is 7.99. The number of ether oxygens (including phenoxy) is 2. The Morgan fingerprint density at radius 3 is 2.57 bits per heavy atom. The Labute approximate surface area is 170 Å². The third-order valence-corrected chi connectivity index (χ3v) is 5.54. The van der Waals surface area contributed by atoms with Crippen LogP contribution in [-0.4, -0.2) is 52.3 Å². The van der Waals surface area contributed by atoms with Crippen LogP contribution in [0.25, 0.3) is 0 Å². The molecule has 2 heterocycles. The number of thioether (sulfide) groups is 1. The van der Waals surface area contributed by atoms with Crippen LogP contribution in [-0.2, 0) is 11.2 Å². The highest BCUT2D eigenvalue weighted by Gasteiger charge is 2.24. The summed E-state index contributed by atoms with van der Waals surface area (Å²) in [6, 6.07) is 10.3. The van der Waals surface area contributed by atoms with E-state index in [1.54, 1.807) is 12.3 Å². The number of rotatable bonds is 7. The molecule has 1 saturated heterocycles. The molecule has 28 heavy (non-hydrogen) atoms. The minimum absolute atomic E-state index is 0.0518. The molecular weight excluding hydrogens is 374 g/mol. The van der Waals surface area contributed by atoms with Gasteiger partial charge in [0.05, 0.1) is 13.5 Å². The fraction of sp³-hybridized carbons (Fsp3) is 0.476. The lowest BCUT2D eigenvalue weighted by atomic mass is 10.1. The lowest BCUT2D eigenvalue weighted by Crippen LogP contribution is -2.42. The lowest BCUT2D eigenvalue weighted by molar-refractivity contribution is -0.132. The number of amides is 1. The van der Waals surface area contributed by atoms with E-state index in [2.05, 4.69) is 48.1 Å². The number of aromatic nitrogens is 2. The van der Waals surface area contributed by atoms with E-state index in [4.69, 9.17) is 9.47 Å². The van der Waals surface area contributed by atoms with Gasteiger partial charge < -0.3 is 14.4 Å². The van der Waals surface area contributed by atoms with Gasteiger partial charge in [0.2, 0.25) is 11.8 Å². The van der Waals surface area contributed by atoms with Gasteiger partial charge in [-0.05, 0) is 17.7 Å². The number of likely N-dealkylation sites (tertiary alicyclic amines) is 1. The van der Waals surface area contributed by atoms with Crippen LogP contribution in [0.15, 0.2) is 41.4 Å². The summed E-state index contributed by atoms with van der Waals surface area (Å²) in [5, 5.41) is 0.555. The van der Waals surface area contributed by atoms with Crippen molar-refractivity contribution in [1.82, 2.24) is 14.9 Å². The van der Waals surface area contributed by atoms with E-state index in [-0.39, 0.29) is 12.0 Å². The minimum Gasteiger partial charge on any atom is -0.474 e. The van der Waals surface area contributed by atoms with Crippen molar-refractivity contribution in [3.8, 4) is 11.9 Å². The van der Waals surface area contributed by atoms with E-state index in [1.807, 2.05) is 16.7 Å². The third-order valence-electron chi connectivity index (χ3n) is 4.52. The molecule has 0 bridgehead atoms. The molecule has 6 nitrogen and oxygen atoms in total. The van der Waals surface area contributed by atoms with Crippen molar-refractivity contribution in [3.63, 3.8) is 0 Å². The first kappa shape index (κ1) is 20.5. The van der Waals surface area contributed by atoms with Crippen LogP contribution in [0.4, 0.5) is 0 Å². The number of carbonyl (C=O) groups excluding carboxylic acids is 1. The van der Waals surface area contributed by atoms with Crippen molar-refractivity contribution in [2.24, 2.45) is 0 Å². The van der Waals surface area contributed by atoms with Crippen molar-refractivity contribution < 1.29 is 14.3 Å². The first-order valence-corrected chi connectivity index (χ1v) is 10.5. The van der Waals surface area contributed by atoms with E-state index >= 15 is 0 Å². The summed E-state index contributed by atoms with van der Waals surface area (Å²) in [7, 11) is 1.53. The van der Waals surface area contributed by atoms with Crippen LogP contribution >= 0.6 is 11.8 Å². The van der Waals surface area contributed by atoms with Gasteiger partial charge in [0.25, 0.3) is 0 Å². The summed E-state index contributed by atoms with van der Waals surface area (Å²) in [6.45, 7) is 5.76. The van der Waals surface area contributed by atoms with E-state index in [1.165, 1.54) is 12.0 Å². The maximum atomic E-state index is 12.6. The number of nitrogens with zero attached hydrogens (tertiary/aromatic N) is 3. The van der Waals surface area contributed by atoms with Gasteiger partial charge in [-0.15, -0.1) is 11.8 Å². The highest BCUT2D eigenvalue weighted by Crippen LogP contribution is 2.23. The summed E-state index contributed by atoms with van der Waals surface area (Å²) in [5.41, 5.74) is 1.06. The quantitative estimate of drug-likeness (QED) is 0.661. The number of hydrogen-bond donors (Lipinski definition) is 0. The molecule has 150 valence electrons. The number of methoxy groups -OCH3 is 1. The first-order chi connectivity index (χ1) is 13.5. The molecule has 3 rings (SSSR count). The Hall–Kier alpha value is -2.28. The normalized spacial score (nSPS) is 14.9. The lowest BCUT2D eigenvalue weighted by Gasteiger charge is -2.32. The zero-order valence-corrected chi connectivity index (χ0v) is 17.4. The zero-order chi connectivity index (χ0) is 19.9. The molecule has 0 unspecified atom stereocenters. The number of piperidine rings is 1. The van der Waals surface area contributed by atoms with Crippen molar-refractivity contribution in [2.75, 3.05) is 20.2 Å². The first-order valence-electron chi connectivity index (χ1n) is 9.60. The van der Waals surface area contributed by atoms with Crippen LogP contribution in [0, 0.1) is 0 Å². The van der Waals surface area contributed by atoms with E-state index in [9.17, 15) is 4.79 Å². The molecule has 0 atom stereocenters. The van der Waals surface area contributed by atoms with Crippen LogP contribution in [0.2, 0.25) is 0 Å². The summed E-state index contributed by atoms with van der Waals surface area (Å²) in [5.74, 6) is 0.683. The van der Waals surface area contributed by atoms with Gasteiger partial charge >= 0.3 is 6.01 Å². The predicted molar refractivity (Wildman–Crippen MR) is 110 cm³/mol. The van der Waals surface area contributed by atoms with E-state index in [0.717, 1.165) is 18.4 Å². The molecule has 1 aromatic carbocycles. The highest BCUT2D eigenvalue weighted by atomic mass is 32.2. The molecular formula is C21H27N3O3S. The van der Waals surface area contributed by atoms with Gasteiger partial charge in [0.1, 0.15) is 6.10 Å². The van der Waals surface area contributed by atoms with Crippen molar-refractivity contribution in [1.29, 1.82) is 0 Å². The Morgan fingerprint density at radius 1 is 1.21 bits per heavy atom. The van der Waals surface area contributed by atoms with E-state index in [0.29, 0.717) is 36.7 Å². The Morgan fingerprint density at radius 2 is 1.93 bits per heavy atom. The van der Waals surface area contributed by atoms with Crippen LogP contribution in [0.1, 0.15) is 32.3 Å². The molecule has 1 fully saturated rings. The fourth-order valence-electron chi connectivity index (χ4n) is 3.13. The molecule has 0 radical (unpaired) electrons. The maximum Gasteiger partial charge on any atom is 0.319 e. The molecule has 0 spiro atoms. The molecule has 0 aliphatic carbocycles. The molecule has 7 heteroatoms. The van der Waals surface area contributed by atoms with Gasteiger partial charge in [-0.2, -0.15) is 4.98 Å². The second-order valence-electron chi connectivity index (χ2n) is 7.07. The summed E-state index contributed by atoms with van der Waals surface area (Å²) < 4.78 is 10.9. The van der Waals surface area contributed by atoms with Gasteiger partial charge in [0, 0.05) is 48.3 Å². The van der Waals surface area contributed by atoms with Crippen molar-refractivity contribution >= 4 is 17.7 Å².